The normalized spacial score (nSPS) is 11.0. The van der Waals surface area contributed by atoms with E-state index in [0.29, 0.717) is 17.7 Å². The predicted molar refractivity (Wildman–Crippen MR) is 97.4 cm³/mol. The van der Waals surface area contributed by atoms with Crippen LogP contribution in [0.1, 0.15) is 22.3 Å². The third kappa shape index (κ3) is 5.14. The number of hydrogen-bond donors (Lipinski definition) is 2. The van der Waals surface area contributed by atoms with Gasteiger partial charge in [0, 0.05) is 12.1 Å². The topological polar surface area (TPSA) is 102 Å². The van der Waals surface area contributed by atoms with Crippen LogP contribution in [-0.4, -0.2) is 34.5 Å². The van der Waals surface area contributed by atoms with Gasteiger partial charge in [0.25, 0.3) is 0 Å². The first-order valence-corrected chi connectivity index (χ1v) is 9.35. The Labute approximate surface area is 152 Å². The molecule has 0 aromatic heterocycles. The molecule has 0 fully saturated rings. The van der Waals surface area contributed by atoms with E-state index < -0.39 is 16.0 Å². The lowest BCUT2D eigenvalue weighted by Crippen LogP contribution is -2.18. The van der Waals surface area contributed by atoms with Gasteiger partial charge in [-0.1, -0.05) is 12.1 Å². The van der Waals surface area contributed by atoms with Gasteiger partial charge in [-0.2, -0.15) is 0 Å². The largest absolute Gasteiger partial charge is 0.465 e. The zero-order chi connectivity index (χ0) is 19.2. The number of anilines is 1. The number of methoxy groups -OCH3 is 1. The Hall–Kier alpha value is -2.71. The quantitative estimate of drug-likeness (QED) is 0.719. The molecule has 0 unspecified atom stereocenters. The maximum absolute atomic E-state index is 12.0. The van der Waals surface area contributed by atoms with Crippen molar-refractivity contribution in [2.24, 2.45) is 0 Å². The van der Waals surface area contributed by atoms with Gasteiger partial charge in [-0.05, 0) is 55.4 Å². The minimum atomic E-state index is -3.46. The average Bonchev–Trinajstić information content (AvgIpc) is 2.66. The summed E-state index contributed by atoms with van der Waals surface area (Å²) in [7, 11) is -0.804. The van der Waals surface area contributed by atoms with Crippen molar-refractivity contribution in [3.63, 3.8) is 0 Å². The highest BCUT2D eigenvalue weighted by atomic mass is 32.2. The third-order valence-corrected chi connectivity index (χ3v) is 5.16. The van der Waals surface area contributed by atoms with E-state index in [-0.39, 0.29) is 17.2 Å². The lowest BCUT2D eigenvalue weighted by Gasteiger charge is -2.07. The molecular formula is C18H20N2O5S. The molecule has 2 aromatic rings. The average molecular weight is 376 g/mol. The summed E-state index contributed by atoms with van der Waals surface area (Å²) in [5.41, 5.74) is 1.84. The molecule has 0 saturated heterocycles. The molecule has 1 amide bonds. The smallest absolute Gasteiger partial charge is 0.337 e. The zero-order valence-electron chi connectivity index (χ0n) is 14.5. The van der Waals surface area contributed by atoms with Crippen LogP contribution < -0.4 is 10.0 Å². The molecule has 138 valence electrons. The van der Waals surface area contributed by atoms with Crippen molar-refractivity contribution >= 4 is 27.6 Å². The van der Waals surface area contributed by atoms with Gasteiger partial charge in [0.2, 0.25) is 15.9 Å². The highest BCUT2D eigenvalue weighted by molar-refractivity contribution is 7.89. The second kappa shape index (κ2) is 8.59. The summed E-state index contributed by atoms with van der Waals surface area (Å²) in [4.78, 5) is 23.6. The molecule has 2 rings (SSSR count). The van der Waals surface area contributed by atoms with Crippen molar-refractivity contribution in [3.8, 4) is 0 Å². The second-order valence-corrected chi connectivity index (χ2v) is 7.36. The monoisotopic (exact) mass is 376 g/mol. The first-order valence-electron chi connectivity index (χ1n) is 7.86. The Morgan fingerprint density at radius 3 is 2.15 bits per heavy atom. The summed E-state index contributed by atoms with van der Waals surface area (Å²) in [6.07, 6.45) is 0.725. The van der Waals surface area contributed by atoms with Crippen LogP contribution in [0.3, 0.4) is 0 Å². The van der Waals surface area contributed by atoms with Gasteiger partial charge >= 0.3 is 5.97 Å². The number of benzene rings is 2. The van der Waals surface area contributed by atoms with Crippen LogP contribution in [0.2, 0.25) is 0 Å². The van der Waals surface area contributed by atoms with Gasteiger partial charge in [0.1, 0.15) is 0 Å². The predicted octanol–water partition coefficient (Wildman–Crippen LogP) is 1.95. The van der Waals surface area contributed by atoms with E-state index in [0.717, 1.165) is 5.56 Å². The van der Waals surface area contributed by atoms with Crippen molar-refractivity contribution in [3.05, 3.63) is 59.7 Å². The molecule has 0 aliphatic rings. The molecule has 2 N–H and O–H groups in total. The Bertz CT molecular complexity index is 875. The minimum Gasteiger partial charge on any atom is -0.465 e. The van der Waals surface area contributed by atoms with Gasteiger partial charge in [-0.15, -0.1) is 0 Å². The molecule has 0 radical (unpaired) electrons. The fourth-order valence-electron chi connectivity index (χ4n) is 2.24. The van der Waals surface area contributed by atoms with Crippen molar-refractivity contribution in [1.29, 1.82) is 0 Å². The number of aryl methyl sites for hydroxylation is 1. The molecule has 8 heteroatoms. The maximum Gasteiger partial charge on any atom is 0.337 e. The maximum atomic E-state index is 12.0. The van der Waals surface area contributed by atoms with Gasteiger partial charge in [-0.3, -0.25) is 4.79 Å². The van der Waals surface area contributed by atoms with Crippen molar-refractivity contribution in [1.82, 2.24) is 4.72 Å². The molecule has 0 heterocycles. The van der Waals surface area contributed by atoms with Gasteiger partial charge in [-0.25, -0.2) is 17.9 Å². The zero-order valence-corrected chi connectivity index (χ0v) is 15.3. The molecule has 2 aromatic carbocycles. The molecular weight excluding hydrogens is 356 g/mol. The molecule has 0 bridgehead atoms. The number of amides is 1. The van der Waals surface area contributed by atoms with E-state index in [1.807, 2.05) is 0 Å². The van der Waals surface area contributed by atoms with E-state index in [2.05, 4.69) is 14.8 Å². The first kappa shape index (κ1) is 19.6. The van der Waals surface area contributed by atoms with Crippen LogP contribution in [0, 0.1) is 0 Å². The lowest BCUT2D eigenvalue weighted by molar-refractivity contribution is -0.116. The van der Waals surface area contributed by atoms with E-state index >= 15 is 0 Å². The number of ether oxygens (including phenoxy) is 1. The number of sulfonamides is 1. The number of rotatable bonds is 7. The summed E-state index contributed by atoms with van der Waals surface area (Å²) >= 11 is 0. The Morgan fingerprint density at radius 1 is 1.00 bits per heavy atom. The molecule has 0 atom stereocenters. The fourth-order valence-corrected chi connectivity index (χ4v) is 2.97. The van der Waals surface area contributed by atoms with Crippen LogP contribution in [0.15, 0.2) is 53.4 Å². The van der Waals surface area contributed by atoms with Crippen molar-refractivity contribution in [2.75, 3.05) is 19.5 Å². The van der Waals surface area contributed by atoms with E-state index in [9.17, 15) is 18.0 Å². The summed E-state index contributed by atoms with van der Waals surface area (Å²) in [6, 6.07) is 12.8. The van der Waals surface area contributed by atoms with E-state index in [4.69, 9.17) is 0 Å². The van der Waals surface area contributed by atoms with Crippen LogP contribution in [0.25, 0.3) is 0 Å². The highest BCUT2D eigenvalue weighted by Gasteiger charge is 2.11. The van der Waals surface area contributed by atoms with Crippen LogP contribution in [0.4, 0.5) is 5.69 Å². The van der Waals surface area contributed by atoms with Gasteiger partial charge in [0.05, 0.1) is 17.6 Å². The minimum absolute atomic E-state index is 0.178. The molecule has 0 aliphatic heterocycles. The lowest BCUT2D eigenvalue weighted by atomic mass is 10.1. The molecule has 7 nitrogen and oxygen atoms in total. The highest BCUT2D eigenvalue weighted by Crippen LogP contribution is 2.13. The number of carbonyl (C=O) groups excluding carboxylic acids is 2. The molecule has 0 aliphatic carbocycles. The fraction of sp³-hybridized carbons (Fsp3) is 0.222. The number of esters is 1. The van der Waals surface area contributed by atoms with Gasteiger partial charge < -0.3 is 10.1 Å². The summed E-state index contributed by atoms with van der Waals surface area (Å²) in [5, 5.41) is 2.74. The molecule has 26 heavy (non-hydrogen) atoms. The standard InChI is InChI=1S/C18H20N2O5S/c1-19-26(23,24)16-10-3-13(4-11-16)5-12-17(21)20-15-8-6-14(7-9-15)18(22)25-2/h3-4,6-11,19H,5,12H2,1-2H3,(H,20,21). The number of hydrogen-bond acceptors (Lipinski definition) is 5. The van der Waals surface area contributed by atoms with E-state index in [1.165, 1.54) is 26.3 Å². The summed E-state index contributed by atoms with van der Waals surface area (Å²) in [6.45, 7) is 0. The van der Waals surface area contributed by atoms with Crippen LogP contribution in [-0.2, 0) is 26.0 Å². The second-order valence-electron chi connectivity index (χ2n) is 5.47. The van der Waals surface area contributed by atoms with Gasteiger partial charge in [0.15, 0.2) is 0 Å². The van der Waals surface area contributed by atoms with Crippen LogP contribution in [0.5, 0.6) is 0 Å². The Balaban J connectivity index is 1.89. The summed E-state index contributed by atoms with van der Waals surface area (Å²) < 4.78 is 30.2. The Morgan fingerprint density at radius 2 is 1.62 bits per heavy atom. The number of carbonyl (C=O) groups is 2. The molecule has 0 spiro atoms. The van der Waals surface area contributed by atoms with Crippen LogP contribution >= 0.6 is 0 Å². The third-order valence-electron chi connectivity index (χ3n) is 3.73. The summed E-state index contributed by atoms with van der Waals surface area (Å²) in [5.74, 6) is -0.616. The SMILES string of the molecule is CNS(=O)(=O)c1ccc(CCC(=O)Nc2ccc(C(=O)OC)cc2)cc1. The number of nitrogens with one attached hydrogen (secondary N) is 2. The first-order chi connectivity index (χ1) is 12.4. The molecule has 0 saturated carbocycles. The van der Waals surface area contributed by atoms with Crippen molar-refractivity contribution in [2.45, 2.75) is 17.7 Å². The Kier molecular flexibility index (Phi) is 6.48. The van der Waals surface area contributed by atoms with Crippen molar-refractivity contribution < 1.29 is 22.7 Å². The van der Waals surface area contributed by atoms with E-state index in [1.54, 1.807) is 36.4 Å².